The second-order valence-corrected chi connectivity index (χ2v) is 7.07. The number of nitrogens with two attached hydrogens (primary N) is 1. The maximum Gasteiger partial charge on any atom is 0.259 e. The molecule has 0 unspecified atom stereocenters. The SMILES string of the molecule is C[C@H](C(N)=O)n1ccc2c(NC(=O)[C@H](C)c3ccc(Cl)cc3)cccc2c1=O. The molecule has 3 N–H and O–H groups in total. The summed E-state index contributed by atoms with van der Waals surface area (Å²) in [5, 5.41) is 4.48. The second kappa shape index (κ2) is 7.86. The Kier molecular flexibility index (Phi) is 5.51. The normalized spacial score (nSPS) is 13.1. The molecule has 0 aliphatic carbocycles. The van der Waals surface area contributed by atoms with Crippen molar-refractivity contribution in [3.05, 3.63) is 75.7 Å². The van der Waals surface area contributed by atoms with Crippen LogP contribution >= 0.6 is 11.6 Å². The monoisotopic (exact) mass is 397 g/mol. The number of carbonyl (C=O) groups excluding carboxylic acids is 2. The molecule has 1 heterocycles. The minimum atomic E-state index is -0.764. The van der Waals surface area contributed by atoms with E-state index in [4.69, 9.17) is 17.3 Å². The Morgan fingerprint density at radius 2 is 1.71 bits per heavy atom. The summed E-state index contributed by atoms with van der Waals surface area (Å²) in [6, 6.07) is 13.1. The number of rotatable bonds is 5. The van der Waals surface area contributed by atoms with Gasteiger partial charge in [-0.05, 0) is 49.7 Å². The van der Waals surface area contributed by atoms with Gasteiger partial charge in [0.05, 0.1) is 5.92 Å². The lowest BCUT2D eigenvalue weighted by Gasteiger charge is -2.16. The van der Waals surface area contributed by atoms with E-state index >= 15 is 0 Å². The van der Waals surface area contributed by atoms with E-state index in [0.717, 1.165) is 5.56 Å². The zero-order chi connectivity index (χ0) is 20.4. The molecule has 0 bridgehead atoms. The van der Waals surface area contributed by atoms with Crippen LogP contribution < -0.4 is 16.6 Å². The van der Waals surface area contributed by atoms with Gasteiger partial charge >= 0.3 is 0 Å². The average molecular weight is 398 g/mol. The topological polar surface area (TPSA) is 94.2 Å². The van der Waals surface area contributed by atoms with Gasteiger partial charge in [-0.3, -0.25) is 14.4 Å². The zero-order valence-electron chi connectivity index (χ0n) is 15.5. The van der Waals surface area contributed by atoms with Crippen LogP contribution in [-0.4, -0.2) is 16.4 Å². The molecular formula is C21H20ClN3O3. The van der Waals surface area contributed by atoms with E-state index in [0.29, 0.717) is 21.5 Å². The van der Waals surface area contributed by atoms with Gasteiger partial charge < -0.3 is 15.6 Å². The van der Waals surface area contributed by atoms with Crippen LogP contribution in [0.2, 0.25) is 5.02 Å². The Hall–Kier alpha value is -3.12. The zero-order valence-corrected chi connectivity index (χ0v) is 16.2. The van der Waals surface area contributed by atoms with Gasteiger partial charge in [0.15, 0.2) is 0 Å². The Balaban J connectivity index is 1.94. The number of carbonyl (C=O) groups is 2. The van der Waals surface area contributed by atoms with Crippen molar-refractivity contribution in [2.24, 2.45) is 5.73 Å². The van der Waals surface area contributed by atoms with Gasteiger partial charge in [-0.1, -0.05) is 29.8 Å². The second-order valence-electron chi connectivity index (χ2n) is 6.64. The maximum absolute atomic E-state index is 12.7. The highest BCUT2D eigenvalue weighted by Gasteiger charge is 2.18. The van der Waals surface area contributed by atoms with Crippen LogP contribution in [-0.2, 0) is 9.59 Å². The smallest absolute Gasteiger partial charge is 0.259 e. The standard InChI is InChI=1S/C21H20ClN3O3/c1-12(14-6-8-15(22)9-7-14)20(27)24-18-5-3-4-17-16(18)10-11-25(21(17)28)13(2)19(23)26/h3-13H,1-2H3,(H2,23,26)(H,24,27)/t12-,13-/m1/s1. The first-order valence-corrected chi connectivity index (χ1v) is 9.17. The summed E-state index contributed by atoms with van der Waals surface area (Å²) in [6.45, 7) is 3.36. The number of hydrogen-bond acceptors (Lipinski definition) is 3. The minimum absolute atomic E-state index is 0.204. The first-order chi connectivity index (χ1) is 13.3. The highest BCUT2D eigenvalue weighted by molar-refractivity contribution is 6.30. The number of nitrogens with zero attached hydrogens (tertiary/aromatic N) is 1. The molecule has 2 aromatic carbocycles. The Labute approximate surface area is 166 Å². The average Bonchev–Trinajstić information content (AvgIpc) is 2.68. The summed E-state index contributed by atoms with van der Waals surface area (Å²) in [4.78, 5) is 36.9. The van der Waals surface area contributed by atoms with Gasteiger partial charge in [-0.2, -0.15) is 0 Å². The third-order valence-corrected chi connectivity index (χ3v) is 5.07. The molecule has 28 heavy (non-hydrogen) atoms. The molecule has 3 aromatic rings. The summed E-state index contributed by atoms with van der Waals surface area (Å²) in [6.07, 6.45) is 1.51. The molecule has 1 aromatic heterocycles. The number of benzene rings is 2. The molecule has 0 saturated carbocycles. The van der Waals surface area contributed by atoms with Gasteiger partial charge in [0, 0.05) is 27.7 Å². The van der Waals surface area contributed by atoms with Crippen molar-refractivity contribution >= 4 is 39.9 Å². The molecule has 0 spiro atoms. The third kappa shape index (κ3) is 3.77. The van der Waals surface area contributed by atoms with Crippen molar-refractivity contribution in [3.8, 4) is 0 Å². The number of halogens is 1. The van der Waals surface area contributed by atoms with Crippen molar-refractivity contribution in [2.45, 2.75) is 25.8 Å². The molecule has 6 nitrogen and oxygen atoms in total. The lowest BCUT2D eigenvalue weighted by Crippen LogP contribution is -2.31. The quantitative estimate of drug-likeness (QED) is 0.690. The molecule has 7 heteroatoms. The number of nitrogens with one attached hydrogen (secondary N) is 1. The van der Waals surface area contributed by atoms with E-state index in [9.17, 15) is 14.4 Å². The van der Waals surface area contributed by atoms with E-state index in [1.165, 1.54) is 10.8 Å². The largest absolute Gasteiger partial charge is 0.368 e. The number of fused-ring (bicyclic) bond motifs is 1. The molecular weight excluding hydrogens is 378 g/mol. The molecule has 0 fully saturated rings. The van der Waals surface area contributed by atoms with Crippen molar-refractivity contribution in [1.82, 2.24) is 4.57 Å². The number of aromatic nitrogens is 1. The van der Waals surface area contributed by atoms with Crippen LogP contribution in [0.3, 0.4) is 0 Å². The van der Waals surface area contributed by atoms with Gasteiger partial charge in [0.1, 0.15) is 6.04 Å². The molecule has 144 valence electrons. The summed E-state index contributed by atoms with van der Waals surface area (Å²) in [5.41, 5.74) is 6.33. The number of anilines is 1. The van der Waals surface area contributed by atoms with Crippen LogP contribution in [0.4, 0.5) is 5.69 Å². The van der Waals surface area contributed by atoms with Crippen LogP contribution in [0.1, 0.15) is 31.4 Å². The Morgan fingerprint density at radius 3 is 2.36 bits per heavy atom. The van der Waals surface area contributed by atoms with Gasteiger partial charge in [-0.15, -0.1) is 0 Å². The van der Waals surface area contributed by atoms with Crippen LogP contribution in [0.5, 0.6) is 0 Å². The fourth-order valence-electron chi connectivity index (χ4n) is 2.99. The molecule has 2 amide bonds. The molecule has 0 aliphatic rings. The Bertz CT molecular complexity index is 1110. The fourth-order valence-corrected chi connectivity index (χ4v) is 3.11. The van der Waals surface area contributed by atoms with E-state index in [2.05, 4.69) is 5.32 Å². The van der Waals surface area contributed by atoms with Gasteiger partial charge in [0.25, 0.3) is 5.56 Å². The predicted molar refractivity (Wildman–Crippen MR) is 111 cm³/mol. The minimum Gasteiger partial charge on any atom is -0.368 e. The first-order valence-electron chi connectivity index (χ1n) is 8.79. The highest BCUT2D eigenvalue weighted by atomic mass is 35.5. The van der Waals surface area contributed by atoms with E-state index in [1.54, 1.807) is 62.4 Å². The number of pyridine rings is 1. The number of amides is 2. The van der Waals surface area contributed by atoms with Crippen molar-refractivity contribution < 1.29 is 9.59 Å². The van der Waals surface area contributed by atoms with E-state index < -0.39 is 17.9 Å². The molecule has 3 rings (SSSR count). The van der Waals surface area contributed by atoms with Crippen molar-refractivity contribution in [3.63, 3.8) is 0 Å². The van der Waals surface area contributed by atoms with E-state index in [1.807, 2.05) is 0 Å². The summed E-state index contributed by atoms with van der Waals surface area (Å²) in [7, 11) is 0. The van der Waals surface area contributed by atoms with Crippen LogP contribution in [0.25, 0.3) is 10.8 Å². The third-order valence-electron chi connectivity index (χ3n) is 4.82. The van der Waals surface area contributed by atoms with E-state index in [-0.39, 0.29) is 11.5 Å². The van der Waals surface area contributed by atoms with Crippen LogP contribution in [0, 0.1) is 0 Å². The molecule has 0 radical (unpaired) electrons. The molecule has 0 saturated heterocycles. The van der Waals surface area contributed by atoms with Crippen molar-refractivity contribution in [2.75, 3.05) is 5.32 Å². The highest BCUT2D eigenvalue weighted by Crippen LogP contribution is 2.24. The Morgan fingerprint density at radius 1 is 1.04 bits per heavy atom. The lowest BCUT2D eigenvalue weighted by molar-refractivity contribution is -0.120. The molecule has 0 aliphatic heterocycles. The maximum atomic E-state index is 12.7. The van der Waals surface area contributed by atoms with Crippen LogP contribution in [0.15, 0.2) is 59.5 Å². The molecule has 2 atom stereocenters. The van der Waals surface area contributed by atoms with Gasteiger partial charge in [0.2, 0.25) is 11.8 Å². The van der Waals surface area contributed by atoms with Gasteiger partial charge in [-0.25, -0.2) is 0 Å². The first kappa shape index (κ1) is 19.6. The van der Waals surface area contributed by atoms with Crippen molar-refractivity contribution in [1.29, 1.82) is 0 Å². The lowest BCUT2D eigenvalue weighted by atomic mass is 10.00. The summed E-state index contributed by atoms with van der Waals surface area (Å²) < 4.78 is 1.28. The summed E-state index contributed by atoms with van der Waals surface area (Å²) >= 11 is 5.90. The number of hydrogen-bond donors (Lipinski definition) is 2. The fraction of sp³-hybridized carbons (Fsp3) is 0.190. The summed E-state index contributed by atoms with van der Waals surface area (Å²) in [5.74, 6) is -1.20. The number of primary amides is 1. The predicted octanol–water partition coefficient (Wildman–Crippen LogP) is 3.44.